The van der Waals surface area contributed by atoms with E-state index in [0.717, 1.165) is 41.8 Å². The zero-order valence-corrected chi connectivity index (χ0v) is 14.9. The molecule has 2 atom stereocenters. The number of nitrogens with zero attached hydrogens (tertiary/aromatic N) is 2. The second-order valence-corrected chi connectivity index (χ2v) is 6.77. The molecule has 0 aliphatic carbocycles. The molecule has 0 unspecified atom stereocenters. The van der Waals surface area contributed by atoms with Crippen LogP contribution in [0.3, 0.4) is 0 Å². The van der Waals surface area contributed by atoms with Crippen LogP contribution in [-0.2, 0) is 16.1 Å². The molecule has 1 aliphatic rings. The molecule has 1 aromatic heterocycles. The predicted octanol–water partition coefficient (Wildman–Crippen LogP) is 3.83. The molecular formula is C21H23N3O2. The second kappa shape index (κ2) is 7.30. The maximum Gasteiger partial charge on any atom is 0.252 e. The van der Waals surface area contributed by atoms with Gasteiger partial charge in [0.15, 0.2) is 0 Å². The molecular weight excluding hydrogens is 326 g/mol. The summed E-state index contributed by atoms with van der Waals surface area (Å²) in [7, 11) is 0. The Kier molecular flexibility index (Phi) is 4.71. The molecule has 5 heteroatoms. The Morgan fingerprint density at radius 1 is 1.23 bits per heavy atom. The van der Waals surface area contributed by atoms with Crippen LogP contribution < -0.4 is 0 Å². The van der Waals surface area contributed by atoms with Crippen LogP contribution >= 0.6 is 0 Å². The first-order chi connectivity index (χ1) is 12.7. The van der Waals surface area contributed by atoms with Gasteiger partial charge in [-0.2, -0.15) is 0 Å². The van der Waals surface area contributed by atoms with Crippen LogP contribution in [0.2, 0.25) is 0 Å². The minimum atomic E-state index is -0.472. The molecule has 5 nitrogen and oxygen atoms in total. The zero-order chi connectivity index (χ0) is 17.9. The lowest BCUT2D eigenvalue weighted by Gasteiger charge is -2.26. The minimum absolute atomic E-state index is 0.00215. The van der Waals surface area contributed by atoms with Crippen molar-refractivity contribution < 1.29 is 9.53 Å². The van der Waals surface area contributed by atoms with E-state index >= 15 is 0 Å². The van der Waals surface area contributed by atoms with Crippen LogP contribution in [0.1, 0.15) is 37.2 Å². The monoisotopic (exact) mass is 349 g/mol. The van der Waals surface area contributed by atoms with E-state index in [9.17, 15) is 4.79 Å². The Labute approximate surface area is 153 Å². The Hall–Kier alpha value is -2.66. The number of imidazole rings is 1. The Morgan fingerprint density at radius 2 is 2.00 bits per heavy atom. The smallest absolute Gasteiger partial charge is 0.252 e. The SMILES string of the molecule is C[C@H](OCc1ccccc1)C(=O)N1CCC[C@@H]1c1nc2ccccc2[nH]1. The van der Waals surface area contributed by atoms with E-state index in [1.54, 1.807) is 0 Å². The Balaban J connectivity index is 1.45. The van der Waals surface area contributed by atoms with E-state index < -0.39 is 6.10 Å². The maximum atomic E-state index is 12.9. The number of aromatic nitrogens is 2. The van der Waals surface area contributed by atoms with Gasteiger partial charge in [0.2, 0.25) is 0 Å². The number of hydrogen-bond acceptors (Lipinski definition) is 3. The van der Waals surface area contributed by atoms with E-state index in [1.165, 1.54) is 0 Å². The van der Waals surface area contributed by atoms with Crippen LogP contribution in [0.4, 0.5) is 0 Å². The van der Waals surface area contributed by atoms with Crippen LogP contribution in [0.5, 0.6) is 0 Å². The molecule has 1 aliphatic heterocycles. The van der Waals surface area contributed by atoms with Gasteiger partial charge in [-0.15, -0.1) is 0 Å². The van der Waals surface area contributed by atoms with Crippen molar-refractivity contribution in [2.24, 2.45) is 0 Å². The number of ether oxygens (including phenoxy) is 1. The van der Waals surface area contributed by atoms with E-state index in [0.29, 0.717) is 6.61 Å². The molecule has 3 aromatic rings. The zero-order valence-electron chi connectivity index (χ0n) is 14.9. The van der Waals surface area contributed by atoms with Gasteiger partial charge in [0.25, 0.3) is 5.91 Å². The van der Waals surface area contributed by atoms with Crippen molar-refractivity contribution in [3.63, 3.8) is 0 Å². The summed E-state index contributed by atoms with van der Waals surface area (Å²) < 4.78 is 5.82. The van der Waals surface area contributed by atoms with Gasteiger partial charge in [-0.05, 0) is 37.5 Å². The van der Waals surface area contributed by atoms with Gasteiger partial charge in [0.1, 0.15) is 11.9 Å². The molecule has 0 bridgehead atoms. The first kappa shape index (κ1) is 16.8. The average Bonchev–Trinajstić information content (AvgIpc) is 3.32. The molecule has 0 saturated carbocycles. The van der Waals surface area contributed by atoms with Crippen molar-refractivity contribution in [3.8, 4) is 0 Å². The lowest BCUT2D eigenvalue weighted by atomic mass is 10.2. The highest BCUT2D eigenvalue weighted by Crippen LogP contribution is 2.32. The molecule has 1 saturated heterocycles. The first-order valence-electron chi connectivity index (χ1n) is 9.13. The Bertz CT molecular complexity index is 857. The minimum Gasteiger partial charge on any atom is -0.364 e. The van der Waals surface area contributed by atoms with Gasteiger partial charge >= 0.3 is 0 Å². The van der Waals surface area contributed by atoms with Crippen molar-refractivity contribution in [1.82, 2.24) is 14.9 Å². The number of benzene rings is 2. The quantitative estimate of drug-likeness (QED) is 0.761. The third-order valence-electron chi connectivity index (χ3n) is 4.95. The Morgan fingerprint density at radius 3 is 2.81 bits per heavy atom. The maximum absolute atomic E-state index is 12.9. The van der Waals surface area contributed by atoms with Crippen LogP contribution in [0.25, 0.3) is 11.0 Å². The summed E-state index contributed by atoms with van der Waals surface area (Å²) in [4.78, 5) is 22.9. The standard InChI is InChI=1S/C21H23N3O2/c1-15(26-14-16-8-3-2-4-9-16)21(25)24-13-7-12-19(24)20-22-17-10-5-6-11-18(17)23-20/h2-6,8-11,15,19H,7,12-14H2,1H3,(H,22,23)/t15-,19+/m0/s1. The van der Waals surface area contributed by atoms with E-state index in [-0.39, 0.29) is 11.9 Å². The molecule has 1 fully saturated rings. The third kappa shape index (κ3) is 3.35. The number of para-hydroxylation sites is 2. The number of likely N-dealkylation sites (tertiary alicyclic amines) is 1. The van der Waals surface area contributed by atoms with Crippen molar-refractivity contribution in [1.29, 1.82) is 0 Å². The first-order valence-corrected chi connectivity index (χ1v) is 9.13. The largest absolute Gasteiger partial charge is 0.364 e. The van der Waals surface area contributed by atoms with Gasteiger partial charge in [-0.25, -0.2) is 4.98 Å². The molecule has 1 amide bonds. The highest BCUT2D eigenvalue weighted by molar-refractivity contribution is 5.81. The number of carbonyl (C=O) groups excluding carboxylic acids is 1. The van der Waals surface area contributed by atoms with E-state index in [4.69, 9.17) is 9.72 Å². The van der Waals surface area contributed by atoms with E-state index in [2.05, 4.69) is 4.98 Å². The molecule has 0 radical (unpaired) electrons. The molecule has 0 spiro atoms. The summed E-state index contributed by atoms with van der Waals surface area (Å²) in [5, 5.41) is 0. The van der Waals surface area contributed by atoms with Crippen molar-refractivity contribution in [3.05, 3.63) is 66.0 Å². The lowest BCUT2D eigenvalue weighted by Crippen LogP contribution is -2.38. The fraction of sp³-hybridized carbons (Fsp3) is 0.333. The summed E-state index contributed by atoms with van der Waals surface area (Å²) in [6, 6.07) is 17.9. The molecule has 26 heavy (non-hydrogen) atoms. The van der Waals surface area contributed by atoms with Gasteiger partial charge in [0.05, 0.1) is 23.7 Å². The number of H-pyrrole nitrogens is 1. The lowest BCUT2D eigenvalue weighted by molar-refractivity contribution is -0.144. The summed E-state index contributed by atoms with van der Waals surface area (Å²) >= 11 is 0. The highest BCUT2D eigenvalue weighted by atomic mass is 16.5. The summed E-state index contributed by atoms with van der Waals surface area (Å²) in [5.41, 5.74) is 3.02. The fourth-order valence-corrected chi connectivity index (χ4v) is 3.55. The number of amides is 1. The van der Waals surface area contributed by atoms with Gasteiger partial charge in [-0.3, -0.25) is 4.79 Å². The van der Waals surface area contributed by atoms with Crippen LogP contribution in [0.15, 0.2) is 54.6 Å². The van der Waals surface area contributed by atoms with E-state index in [1.807, 2.05) is 66.4 Å². The van der Waals surface area contributed by atoms with Gasteiger partial charge < -0.3 is 14.6 Å². The van der Waals surface area contributed by atoms with Crippen LogP contribution in [-0.4, -0.2) is 33.4 Å². The third-order valence-corrected chi connectivity index (χ3v) is 4.95. The number of hydrogen-bond donors (Lipinski definition) is 1. The summed E-state index contributed by atoms with van der Waals surface area (Å²) in [6.07, 6.45) is 1.44. The summed E-state index contributed by atoms with van der Waals surface area (Å²) in [5.74, 6) is 0.899. The molecule has 1 N–H and O–H groups in total. The normalized spacial score (nSPS) is 18.3. The number of rotatable bonds is 5. The molecule has 2 aromatic carbocycles. The number of fused-ring (bicyclic) bond motifs is 1. The predicted molar refractivity (Wildman–Crippen MR) is 100 cm³/mol. The highest BCUT2D eigenvalue weighted by Gasteiger charge is 2.34. The molecule has 134 valence electrons. The number of nitrogens with one attached hydrogen (secondary N) is 1. The topological polar surface area (TPSA) is 58.2 Å². The average molecular weight is 349 g/mol. The molecule has 2 heterocycles. The van der Waals surface area contributed by atoms with Gasteiger partial charge in [0, 0.05) is 6.54 Å². The fourth-order valence-electron chi connectivity index (χ4n) is 3.55. The van der Waals surface area contributed by atoms with Crippen molar-refractivity contribution in [2.45, 2.75) is 38.5 Å². The van der Waals surface area contributed by atoms with Crippen molar-refractivity contribution in [2.75, 3.05) is 6.54 Å². The second-order valence-electron chi connectivity index (χ2n) is 6.77. The molecule has 4 rings (SSSR count). The number of aromatic amines is 1. The van der Waals surface area contributed by atoms with Crippen LogP contribution in [0, 0.1) is 0 Å². The number of carbonyl (C=O) groups is 1. The summed E-state index contributed by atoms with van der Waals surface area (Å²) in [6.45, 7) is 3.02. The van der Waals surface area contributed by atoms with Gasteiger partial charge in [-0.1, -0.05) is 42.5 Å². The van der Waals surface area contributed by atoms with Crippen molar-refractivity contribution >= 4 is 16.9 Å².